The number of imidazole rings is 2. The Morgan fingerprint density at radius 1 is 0.515 bits per heavy atom. The molecule has 3 aliphatic heterocycles. The first-order valence-electron chi connectivity index (χ1n) is 23.2. The number of ether oxygens (including phenoxy) is 4. The smallest absolute Gasteiger partial charge is 0.224 e. The quantitative estimate of drug-likeness (QED) is 0.133. The van der Waals surface area contributed by atoms with Gasteiger partial charge >= 0.3 is 0 Å². The van der Waals surface area contributed by atoms with Gasteiger partial charge in [-0.3, -0.25) is 9.13 Å². The monoisotopic (exact) mass is 883 g/mol. The number of nitrogens with zero attached hydrogens (tertiary/aromatic N) is 8. The number of nitrogens with one attached hydrogen (secondary N) is 3. The van der Waals surface area contributed by atoms with Gasteiger partial charge in [-0.05, 0) is 130 Å². The van der Waals surface area contributed by atoms with Gasteiger partial charge in [-0.15, -0.1) is 0 Å². The number of aromatic nitrogens is 8. The van der Waals surface area contributed by atoms with Crippen LogP contribution < -0.4 is 34.9 Å². The number of benzene rings is 4. The molecule has 0 bridgehead atoms. The summed E-state index contributed by atoms with van der Waals surface area (Å²) in [6.07, 6.45) is 12.1. The van der Waals surface area contributed by atoms with Crippen LogP contribution in [0.2, 0.25) is 0 Å². The van der Waals surface area contributed by atoms with Crippen molar-refractivity contribution < 1.29 is 18.9 Å². The molecule has 1 atom stereocenters. The number of anilines is 2. The molecule has 66 heavy (non-hydrogen) atoms. The molecule has 0 spiro atoms. The van der Waals surface area contributed by atoms with E-state index in [0.29, 0.717) is 50.4 Å². The maximum absolute atomic E-state index is 5.83. The van der Waals surface area contributed by atoms with Crippen LogP contribution in [0.4, 0.5) is 11.9 Å². The first kappa shape index (κ1) is 41.4. The van der Waals surface area contributed by atoms with E-state index >= 15 is 0 Å². The lowest BCUT2D eigenvalue weighted by Gasteiger charge is -2.23. The van der Waals surface area contributed by atoms with Crippen molar-refractivity contribution in [1.82, 2.24) is 44.4 Å². The molecule has 7 heterocycles. The molecule has 2 fully saturated rings. The lowest BCUT2D eigenvalue weighted by molar-refractivity contribution is 0.171. The Morgan fingerprint density at radius 2 is 1.02 bits per heavy atom. The third-order valence-corrected chi connectivity index (χ3v) is 12.5. The summed E-state index contributed by atoms with van der Waals surface area (Å²) in [5.41, 5.74) is 8.09. The standard InChI is InChI=1S/C26H27N5O2.C25H26N6O2/c1-17-7-9-20-21(15-17)31(24-11-12-27-26(30-24)28-19-5-3-2-4-6-19)25(29-20)18-8-10-22-23(16-18)33-14-13-32-22;1-16-4-6-19-20(13-16)31(23-8-10-27-25(30-23)28-18-3-2-9-26-15-18)24(29-19)17-5-7-21-22(14-17)33-12-11-32-21/h7-12,15-16,19H,2-6,13-14H2,1H3,(H,27,28,30);4-8,10,13-14,18,26H,2-3,9,11-12,15H2,1H3,(H,27,28,30)/t;18-/m.0/s1. The molecule has 1 saturated heterocycles. The Balaban J connectivity index is 0.000000146. The molecule has 3 N–H and O–H groups in total. The van der Waals surface area contributed by atoms with Crippen molar-refractivity contribution in [3.05, 3.63) is 108 Å². The van der Waals surface area contributed by atoms with E-state index in [9.17, 15) is 0 Å². The van der Waals surface area contributed by atoms with Gasteiger partial charge in [-0.2, -0.15) is 9.97 Å². The van der Waals surface area contributed by atoms with Crippen LogP contribution in [0.25, 0.3) is 56.5 Å². The molecule has 336 valence electrons. The molecule has 1 saturated carbocycles. The second-order valence-corrected chi connectivity index (χ2v) is 17.4. The summed E-state index contributed by atoms with van der Waals surface area (Å²) in [6, 6.07) is 29.1. The fourth-order valence-electron chi connectivity index (χ4n) is 9.26. The molecule has 1 aliphatic carbocycles. The number of rotatable bonds is 8. The molecule has 4 aromatic carbocycles. The first-order chi connectivity index (χ1) is 32.5. The van der Waals surface area contributed by atoms with E-state index < -0.39 is 0 Å². The van der Waals surface area contributed by atoms with Crippen LogP contribution in [-0.4, -0.2) is 90.6 Å². The number of aryl methyl sites for hydroxylation is 2. The summed E-state index contributed by atoms with van der Waals surface area (Å²) in [5, 5.41) is 10.5. The zero-order valence-corrected chi connectivity index (χ0v) is 37.3. The van der Waals surface area contributed by atoms with Crippen molar-refractivity contribution in [1.29, 1.82) is 0 Å². The van der Waals surface area contributed by atoms with Crippen LogP contribution in [-0.2, 0) is 0 Å². The maximum Gasteiger partial charge on any atom is 0.224 e. The SMILES string of the molecule is Cc1ccc2nc(-c3ccc4c(c3)OCCO4)n(-c3ccnc(NC4CCCCC4)n3)c2c1.Cc1ccc2nc(-c3ccc4c(c3)OCCO4)n(-c3ccnc(N[C@H]4CCCNC4)n3)c2c1. The second kappa shape index (κ2) is 18.3. The van der Waals surface area contributed by atoms with E-state index in [4.69, 9.17) is 38.9 Å². The Bertz CT molecular complexity index is 2820. The van der Waals surface area contributed by atoms with Gasteiger partial charge in [0.2, 0.25) is 11.9 Å². The number of hydrogen-bond donors (Lipinski definition) is 3. The maximum atomic E-state index is 5.83. The van der Waals surface area contributed by atoms with Gasteiger partial charge in [-0.25, -0.2) is 19.9 Å². The fraction of sp³-hybridized carbons (Fsp3) is 0.333. The molecule has 4 aromatic heterocycles. The van der Waals surface area contributed by atoms with Crippen LogP contribution >= 0.6 is 0 Å². The van der Waals surface area contributed by atoms with Gasteiger partial charge < -0.3 is 34.9 Å². The normalized spacial score (nSPS) is 17.0. The van der Waals surface area contributed by atoms with Gasteiger partial charge in [0.05, 0.1) is 22.1 Å². The number of piperidine rings is 1. The molecule has 15 nitrogen and oxygen atoms in total. The highest BCUT2D eigenvalue weighted by atomic mass is 16.6. The summed E-state index contributed by atoms with van der Waals surface area (Å²) in [4.78, 5) is 28.7. The molecule has 15 heteroatoms. The van der Waals surface area contributed by atoms with E-state index in [2.05, 4.69) is 85.3 Å². The molecule has 0 amide bonds. The molecule has 0 unspecified atom stereocenters. The molecule has 8 aromatic rings. The summed E-state index contributed by atoms with van der Waals surface area (Å²) in [7, 11) is 0. The molecule has 0 radical (unpaired) electrons. The zero-order chi connectivity index (χ0) is 44.4. The largest absolute Gasteiger partial charge is 0.486 e. The lowest BCUT2D eigenvalue weighted by Crippen LogP contribution is -2.38. The van der Waals surface area contributed by atoms with E-state index in [-0.39, 0.29) is 0 Å². The first-order valence-corrected chi connectivity index (χ1v) is 23.2. The van der Waals surface area contributed by atoms with Crippen LogP contribution in [0, 0.1) is 13.8 Å². The molecular formula is C51H53N11O4. The van der Waals surface area contributed by atoms with Crippen molar-refractivity contribution in [2.45, 2.75) is 70.9 Å². The highest BCUT2D eigenvalue weighted by Crippen LogP contribution is 2.38. The minimum absolute atomic E-state index is 0.327. The van der Waals surface area contributed by atoms with Crippen molar-refractivity contribution >= 4 is 34.0 Å². The lowest BCUT2D eigenvalue weighted by atomic mass is 9.96. The fourth-order valence-corrected chi connectivity index (χ4v) is 9.26. The van der Waals surface area contributed by atoms with Gasteiger partial charge in [0, 0.05) is 42.1 Å². The van der Waals surface area contributed by atoms with Crippen LogP contribution in [0.3, 0.4) is 0 Å². The summed E-state index contributed by atoms with van der Waals surface area (Å²) in [6.45, 7) is 8.40. The van der Waals surface area contributed by atoms with Crippen molar-refractivity contribution in [3.63, 3.8) is 0 Å². The van der Waals surface area contributed by atoms with Gasteiger partial charge in [0.15, 0.2) is 23.0 Å². The van der Waals surface area contributed by atoms with Crippen LogP contribution in [0.15, 0.2) is 97.3 Å². The predicted molar refractivity (Wildman–Crippen MR) is 256 cm³/mol. The molecular weight excluding hydrogens is 831 g/mol. The van der Waals surface area contributed by atoms with E-state index in [0.717, 1.165) is 111 Å². The third kappa shape index (κ3) is 8.65. The minimum Gasteiger partial charge on any atom is -0.486 e. The van der Waals surface area contributed by atoms with Crippen LogP contribution in [0.5, 0.6) is 23.0 Å². The Kier molecular flexibility index (Phi) is 11.5. The Hall–Kier alpha value is -7.26. The highest BCUT2D eigenvalue weighted by Gasteiger charge is 2.23. The Labute approximate surface area is 383 Å². The molecule has 12 rings (SSSR count). The Morgan fingerprint density at radius 3 is 1.53 bits per heavy atom. The average Bonchev–Trinajstić information content (AvgIpc) is 3.93. The van der Waals surface area contributed by atoms with Gasteiger partial charge in [-0.1, -0.05) is 31.4 Å². The highest BCUT2D eigenvalue weighted by molar-refractivity contribution is 5.85. The average molecular weight is 884 g/mol. The van der Waals surface area contributed by atoms with E-state index in [1.54, 1.807) is 6.20 Å². The molecule has 4 aliphatic rings. The van der Waals surface area contributed by atoms with Gasteiger partial charge in [0.25, 0.3) is 0 Å². The van der Waals surface area contributed by atoms with E-state index in [1.165, 1.54) is 37.7 Å². The number of hydrogen-bond acceptors (Lipinski definition) is 13. The second-order valence-electron chi connectivity index (χ2n) is 17.4. The summed E-state index contributed by atoms with van der Waals surface area (Å²) >= 11 is 0. The third-order valence-electron chi connectivity index (χ3n) is 12.5. The minimum atomic E-state index is 0.327. The zero-order valence-electron chi connectivity index (χ0n) is 37.3. The summed E-state index contributed by atoms with van der Waals surface area (Å²) < 4.78 is 27.3. The van der Waals surface area contributed by atoms with Gasteiger partial charge in [0.1, 0.15) is 49.7 Å². The van der Waals surface area contributed by atoms with Crippen molar-refractivity contribution in [3.8, 4) is 57.4 Å². The number of fused-ring (bicyclic) bond motifs is 4. The van der Waals surface area contributed by atoms with Crippen molar-refractivity contribution in [2.24, 2.45) is 0 Å². The topological polar surface area (TPSA) is 160 Å². The van der Waals surface area contributed by atoms with Crippen molar-refractivity contribution in [2.75, 3.05) is 50.2 Å². The predicted octanol–water partition coefficient (Wildman–Crippen LogP) is 9.03. The van der Waals surface area contributed by atoms with Crippen LogP contribution in [0.1, 0.15) is 56.1 Å². The summed E-state index contributed by atoms with van der Waals surface area (Å²) in [5.74, 6) is 7.50. The van der Waals surface area contributed by atoms with E-state index in [1.807, 2.05) is 54.7 Å².